The minimum atomic E-state index is -0.688. The van der Waals surface area contributed by atoms with Crippen LogP contribution in [0.4, 0.5) is 0 Å². The second kappa shape index (κ2) is 7.04. The quantitative estimate of drug-likeness (QED) is 0.870. The Labute approximate surface area is 127 Å². The third-order valence-corrected chi connectivity index (χ3v) is 4.01. The number of nitrogens with one attached hydrogen (secondary N) is 1. The maximum absolute atomic E-state index is 9.90. The van der Waals surface area contributed by atoms with Crippen LogP contribution in [0.5, 0.6) is 0 Å². The highest BCUT2D eigenvalue weighted by Crippen LogP contribution is 2.24. The molecule has 0 saturated carbocycles. The third-order valence-electron chi connectivity index (χ3n) is 4.01. The molecule has 1 heterocycles. The molecule has 21 heavy (non-hydrogen) atoms. The van der Waals surface area contributed by atoms with E-state index in [1.54, 1.807) is 0 Å². The van der Waals surface area contributed by atoms with Gasteiger partial charge < -0.3 is 4.74 Å². The molecule has 4 nitrogen and oxygen atoms in total. The van der Waals surface area contributed by atoms with Gasteiger partial charge in [0, 0.05) is 25.2 Å². The second-order valence-electron chi connectivity index (χ2n) is 6.11. The Bertz CT molecular complexity index is 477. The monoisotopic (exact) mass is 287 g/mol. The first-order valence-corrected chi connectivity index (χ1v) is 7.60. The van der Waals surface area contributed by atoms with Crippen molar-refractivity contribution in [1.82, 2.24) is 10.2 Å². The van der Waals surface area contributed by atoms with Crippen LogP contribution < -0.4 is 5.32 Å². The van der Waals surface area contributed by atoms with E-state index in [-0.39, 0.29) is 6.04 Å². The molecule has 1 saturated heterocycles. The maximum Gasteiger partial charge on any atom is 0.145 e. The standard InChI is InChI=1S/C17H25N3O/c1-14(2)19-17(12-18,15-7-5-4-6-8-15)13-20(3)16-9-10-21-11-16/h4-8,14,16,19H,9-11,13H2,1-3H3. The Balaban J connectivity index is 2.24. The molecule has 0 radical (unpaired) electrons. The van der Waals surface area contributed by atoms with Crippen LogP contribution in [0.15, 0.2) is 30.3 Å². The fraction of sp³-hybridized carbons (Fsp3) is 0.588. The normalized spacial score (nSPS) is 21.4. The molecule has 0 bridgehead atoms. The molecular formula is C17H25N3O. The number of hydrogen-bond donors (Lipinski definition) is 1. The Morgan fingerprint density at radius 3 is 2.67 bits per heavy atom. The zero-order valence-corrected chi connectivity index (χ0v) is 13.2. The molecule has 2 atom stereocenters. The number of benzene rings is 1. The van der Waals surface area contributed by atoms with Crippen molar-refractivity contribution in [2.45, 2.75) is 37.9 Å². The molecule has 1 aromatic rings. The van der Waals surface area contributed by atoms with Crippen LogP contribution >= 0.6 is 0 Å². The minimum Gasteiger partial charge on any atom is -0.380 e. The summed E-state index contributed by atoms with van der Waals surface area (Å²) < 4.78 is 5.47. The van der Waals surface area contributed by atoms with Crippen molar-refractivity contribution >= 4 is 0 Å². The summed E-state index contributed by atoms with van der Waals surface area (Å²) in [6.45, 7) is 6.38. The number of ether oxygens (including phenoxy) is 1. The Kier molecular flexibility index (Phi) is 5.35. The predicted molar refractivity (Wildman–Crippen MR) is 83.9 cm³/mol. The molecule has 2 rings (SSSR count). The van der Waals surface area contributed by atoms with Crippen LogP contribution in [0, 0.1) is 11.3 Å². The van der Waals surface area contributed by atoms with E-state index in [4.69, 9.17) is 4.74 Å². The van der Waals surface area contributed by atoms with Crippen molar-refractivity contribution in [3.05, 3.63) is 35.9 Å². The lowest BCUT2D eigenvalue weighted by Crippen LogP contribution is -2.53. The van der Waals surface area contributed by atoms with E-state index in [0.29, 0.717) is 12.6 Å². The molecular weight excluding hydrogens is 262 g/mol. The number of nitriles is 1. The van der Waals surface area contributed by atoms with Gasteiger partial charge >= 0.3 is 0 Å². The molecule has 0 spiro atoms. The van der Waals surface area contributed by atoms with Gasteiger partial charge in [0.1, 0.15) is 5.54 Å². The number of nitrogens with zero attached hydrogens (tertiary/aromatic N) is 2. The Morgan fingerprint density at radius 2 is 2.14 bits per heavy atom. The van der Waals surface area contributed by atoms with Crippen molar-refractivity contribution < 1.29 is 4.74 Å². The predicted octanol–water partition coefficient (Wildman–Crippen LogP) is 2.12. The summed E-state index contributed by atoms with van der Waals surface area (Å²) in [5.74, 6) is 0. The minimum absolute atomic E-state index is 0.234. The fourth-order valence-corrected chi connectivity index (χ4v) is 2.94. The van der Waals surface area contributed by atoms with E-state index >= 15 is 0 Å². The molecule has 0 amide bonds. The highest BCUT2D eigenvalue weighted by molar-refractivity contribution is 5.32. The average molecular weight is 287 g/mol. The first-order valence-electron chi connectivity index (χ1n) is 7.60. The van der Waals surface area contributed by atoms with Crippen LogP contribution in [0.1, 0.15) is 25.8 Å². The van der Waals surface area contributed by atoms with Crippen molar-refractivity contribution in [2.75, 3.05) is 26.8 Å². The lowest BCUT2D eigenvalue weighted by atomic mass is 9.89. The van der Waals surface area contributed by atoms with Gasteiger partial charge in [0.05, 0.1) is 12.7 Å². The van der Waals surface area contributed by atoms with E-state index in [1.165, 1.54) is 0 Å². The highest BCUT2D eigenvalue weighted by atomic mass is 16.5. The summed E-state index contributed by atoms with van der Waals surface area (Å²) >= 11 is 0. The van der Waals surface area contributed by atoms with Gasteiger partial charge in [0.15, 0.2) is 0 Å². The smallest absolute Gasteiger partial charge is 0.145 e. The highest BCUT2D eigenvalue weighted by Gasteiger charge is 2.36. The van der Waals surface area contributed by atoms with Gasteiger partial charge in [-0.1, -0.05) is 30.3 Å². The molecule has 114 valence electrons. The van der Waals surface area contributed by atoms with E-state index in [9.17, 15) is 5.26 Å². The van der Waals surface area contributed by atoms with E-state index < -0.39 is 5.54 Å². The summed E-state index contributed by atoms with van der Waals surface area (Å²) in [5, 5.41) is 13.4. The molecule has 1 N–H and O–H groups in total. The molecule has 1 aromatic carbocycles. The number of rotatable bonds is 6. The van der Waals surface area contributed by atoms with Crippen LogP contribution in [-0.4, -0.2) is 43.8 Å². The molecule has 0 aromatic heterocycles. The molecule has 1 aliphatic heterocycles. The Morgan fingerprint density at radius 1 is 1.43 bits per heavy atom. The summed E-state index contributed by atoms with van der Waals surface area (Å²) in [6.07, 6.45) is 1.04. The van der Waals surface area contributed by atoms with Crippen molar-refractivity contribution in [3.8, 4) is 6.07 Å². The SMILES string of the molecule is CC(C)NC(C#N)(CN(C)C1CCOC1)c1ccccc1. The Hall–Kier alpha value is -1.41. The van der Waals surface area contributed by atoms with E-state index in [2.05, 4.69) is 37.2 Å². The summed E-state index contributed by atoms with van der Waals surface area (Å²) in [5.41, 5.74) is 0.333. The lowest BCUT2D eigenvalue weighted by molar-refractivity contribution is 0.142. The largest absolute Gasteiger partial charge is 0.380 e. The van der Waals surface area contributed by atoms with Gasteiger partial charge in [0.2, 0.25) is 0 Å². The molecule has 4 heteroatoms. The van der Waals surface area contributed by atoms with Crippen molar-refractivity contribution in [3.63, 3.8) is 0 Å². The molecule has 0 aliphatic carbocycles. The summed E-state index contributed by atoms with van der Waals surface area (Å²) in [6, 6.07) is 13.2. The maximum atomic E-state index is 9.90. The first kappa shape index (κ1) is 16.0. The topological polar surface area (TPSA) is 48.3 Å². The fourth-order valence-electron chi connectivity index (χ4n) is 2.94. The summed E-state index contributed by atoms with van der Waals surface area (Å²) in [7, 11) is 2.08. The van der Waals surface area contributed by atoms with Gasteiger partial charge in [0.25, 0.3) is 0 Å². The van der Waals surface area contributed by atoms with Crippen molar-refractivity contribution in [1.29, 1.82) is 5.26 Å². The number of hydrogen-bond acceptors (Lipinski definition) is 4. The third kappa shape index (κ3) is 3.82. The molecule has 1 fully saturated rings. The van der Waals surface area contributed by atoms with Gasteiger partial charge in [-0.05, 0) is 32.9 Å². The van der Waals surface area contributed by atoms with Crippen molar-refractivity contribution in [2.24, 2.45) is 0 Å². The van der Waals surface area contributed by atoms with Gasteiger partial charge in [-0.25, -0.2) is 0 Å². The van der Waals surface area contributed by atoms with E-state index in [0.717, 1.165) is 25.2 Å². The van der Waals surface area contributed by atoms with Crippen LogP contribution in [0.25, 0.3) is 0 Å². The second-order valence-corrected chi connectivity index (χ2v) is 6.11. The van der Waals surface area contributed by atoms with Gasteiger partial charge in [-0.15, -0.1) is 0 Å². The zero-order valence-electron chi connectivity index (χ0n) is 13.2. The van der Waals surface area contributed by atoms with Crippen LogP contribution in [-0.2, 0) is 10.3 Å². The molecule has 2 unspecified atom stereocenters. The lowest BCUT2D eigenvalue weighted by Gasteiger charge is -2.36. The zero-order chi connectivity index (χ0) is 15.3. The summed E-state index contributed by atoms with van der Waals surface area (Å²) in [4.78, 5) is 2.25. The van der Waals surface area contributed by atoms with Gasteiger partial charge in [-0.2, -0.15) is 5.26 Å². The number of likely N-dealkylation sites (N-methyl/N-ethyl adjacent to an activating group) is 1. The van der Waals surface area contributed by atoms with Gasteiger partial charge in [-0.3, -0.25) is 10.2 Å². The van der Waals surface area contributed by atoms with Crippen LogP contribution in [0.2, 0.25) is 0 Å². The molecule has 1 aliphatic rings. The van der Waals surface area contributed by atoms with Crippen LogP contribution in [0.3, 0.4) is 0 Å². The van der Waals surface area contributed by atoms with E-state index in [1.807, 2.05) is 30.3 Å². The average Bonchev–Trinajstić information content (AvgIpc) is 3.01. The first-order chi connectivity index (χ1) is 10.1.